The zero-order valence-electron chi connectivity index (χ0n) is 16.6. The molecule has 2 aromatic heterocycles. The first-order valence-corrected chi connectivity index (χ1v) is 9.58. The number of fused-ring (bicyclic) bond motifs is 1. The quantitative estimate of drug-likeness (QED) is 0.555. The van der Waals surface area contributed by atoms with Crippen LogP contribution in [0.3, 0.4) is 0 Å². The van der Waals surface area contributed by atoms with Crippen LogP contribution < -0.4 is 4.90 Å². The molecule has 4 rings (SSSR count). The van der Waals surface area contributed by atoms with E-state index >= 15 is 0 Å². The summed E-state index contributed by atoms with van der Waals surface area (Å²) in [7, 11) is 0. The minimum atomic E-state index is -4.49. The van der Waals surface area contributed by atoms with Crippen LogP contribution >= 0.6 is 0 Å². The van der Waals surface area contributed by atoms with Crippen molar-refractivity contribution in [3.05, 3.63) is 72.0 Å². The molecule has 0 N–H and O–H groups in total. The van der Waals surface area contributed by atoms with Gasteiger partial charge in [-0.1, -0.05) is 6.58 Å². The third-order valence-electron chi connectivity index (χ3n) is 5.46. The van der Waals surface area contributed by atoms with Crippen molar-refractivity contribution >= 4 is 5.69 Å². The van der Waals surface area contributed by atoms with Crippen LogP contribution in [0.4, 0.5) is 23.2 Å². The van der Waals surface area contributed by atoms with Crippen LogP contribution in [0.2, 0.25) is 0 Å². The second-order valence-electron chi connectivity index (χ2n) is 7.37. The second-order valence-corrected chi connectivity index (χ2v) is 7.37. The molecule has 0 spiro atoms. The monoisotopic (exact) mass is 419 g/mol. The predicted octanol–water partition coefficient (Wildman–Crippen LogP) is 5.06. The molecule has 5 nitrogen and oxygen atoms in total. The van der Waals surface area contributed by atoms with Crippen molar-refractivity contribution in [3.8, 4) is 5.69 Å². The SMILES string of the molecule is C=C(C(C)n1cc(C(F)(F)F)nc1C)N1CCCc2c1cnn2-c1ccc(F)cc1. The first-order chi connectivity index (χ1) is 14.2. The number of imidazole rings is 1. The number of allylic oxidation sites excluding steroid dienone is 1. The van der Waals surface area contributed by atoms with Gasteiger partial charge in [-0.2, -0.15) is 18.3 Å². The van der Waals surface area contributed by atoms with Gasteiger partial charge in [-0.3, -0.25) is 0 Å². The van der Waals surface area contributed by atoms with Crippen LogP contribution in [0.5, 0.6) is 0 Å². The highest BCUT2D eigenvalue weighted by Crippen LogP contribution is 2.36. The molecule has 0 aliphatic carbocycles. The largest absolute Gasteiger partial charge is 0.434 e. The van der Waals surface area contributed by atoms with Gasteiger partial charge in [0.1, 0.15) is 11.6 Å². The molecule has 3 aromatic rings. The number of halogens is 4. The van der Waals surface area contributed by atoms with E-state index in [1.807, 2.05) is 4.90 Å². The molecule has 9 heteroatoms. The minimum absolute atomic E-state index is 0.273. The van der Waals surface area contributed by atoms with Gasteiger partial charge >= 0.3 is 6.18 Å². The lowest BCUT2D eigenvalue weighted by Crippen LogP contribution is -2.32. The number of hydrogen-bond acceptors (Lipinski definition) is 3. The first-order valence-electron chi connectivity index (χ1n) is 9.58. The third-order valence-corrected chi connectivity index (χ3v) is 5.46. The number of anilines is 1. The molecule has 0 fully saturated rings. The molecular formula is C21H21F4N5. The summed E-state index contributed by atoms with van der Waals surface area (Å²) in [5.41, 5.74) is 2.31. The predicted molar refractivity (Wildman–Crippen MR) is 105 cm³/mol. The average Bonchev–Trinajstić information content (AvgIpc) is 3.31. The zero-order chi connectivity index (χ0) is 21.6. The molecule has 1 aliphatic rings. The molecular weight excluding hydrogens is 398 g/mol. The zero-order valence-corrected chi connectivity index (χ0v) is 16.6. The first kappa shape index (κ1) is 20.2. The van der Waals surface area contributed by atoms with Crippen LogP contribution in [0, 0.1) is 12.7 Å². The molecule has 0 radical (unpaired) electrons. The summed E-state index contributed by atoms with van der Waals surface area (Å²) in [4.78, 5) is 5.65. The number of alkyl halides is 3. The van der Waals surface area contributed by atoms with Crippen molar-refractivity contribution < 1.29 is 17.6 Å². The maximum absolute atomic E-state index is 13.3. The minimum Gasteiger partial charge on any atom is -0.341 e. The Kier molecular flexibility index (Phi) is 4.91. The summed E-state index contributed by atoms with van der Waals surface area (Å²) in [6, 6.07) is 5.66. The van der Waals surface area contributed by atoms with Gasteiger partial charge in [-0.15, -0.1) is 0 Å². The Labute approximate surface area is 171 Å². The van der Waals surface area contributed by atoms with Gasteiger partial charge in [0, 0.05) is 18.4 Å². The number of aryl methyl sites for hydroxylation is 1. The van der Waals surface area contributed by atoms with E-state index in [0.717, 1.165) is 36.1 Å². The fourth-order valence-electron chi connectivity index (χ4n) is 3.85. The van der Waals surface area contributed by atoms with Gasteiger partial charge in [-0.05, 0) is 51.0 Å². The van der Waals surface area contributed by atoms with E-state index in [0.29, 0.717) is 12.2 Å². The number of benzene rings is 1. The molecule has 30 heavy (non-hydrogen) atoms. The molecule has 1 atom stereocenters. The van der Waals surface area contributed by atoms with E-state index in [2.05, 4.69) is 16.7 Å². The van der Waals surface area contributed by atoms with E-state index in [1.54, 1.807) is 36.9 Å². The lowest BCUT2D eigenvalue weighted by Gasteiger charge is -2.34. The van der Waals surface area contributed by atoms with E-state index in [4.69, 9.17) is 0 Å². The molecule has 1 aliphatic heterocycles. The molecule has 1 unspecified atom stereocenters. The smallest absolute Gasteiger partial charge is 0.341 e. The highest BCUT2D eigenvalue weighted by atomic mass is 19.4. The van der Waals surface area contributed by atoms with Crippen molar-refractivity contribution in [2.45, 2.75) is 38.9 Å². The third kappa shape index (κ3) is 3.48. The Hall–Kier alpha value is -3.10. The van der Waals surface area contributed by atoms with Gasteiger partial charge < -0.3 is 9.47 Å². The van der Waals surface area contributed by atoms with Gasteiger partial charge in [0.15, 0.2) is 5.69 Å². The molecule has 0 amide bonds. The Morgan fingerprint density at radius 1 is 1.20 bits per heavy atom. The number of nitrogens with zero attached hydrogens (tertiary/aromatic N) is 5. The van der Waals surface area contributed by atoms with Crippen molar-refractivity contribution in [3.63, 3.8) is 0 Å². The van der Waals surface area contributed by atoms with E-state index in [-0.39, 0.29) is 11.6 Å². The Morgan fingerprint density at radius 2 is 1.90 bits per heavy atom. The fourth-order valence-corrected chi connectivity index (χ4v) is 3.85. The van der Waals surface area contributed by atoms with E-state index in [1.165, 1.54) is 16.7 Å². The molecule has 158 valence electrons. The Bertz CT molecular complexity index is 1080. The summed E-state index contributed by atoms with van der Waals surface area (Å²) >= 11 is 0. The van der Waals surface area contributed by atoms with Crippen molar-refractivity contribution in [1.29, 1.82) is 0 Å². The molecule has 0 saturated heterocycles. The lowest BCUT2D eigenvalue weighted by atomic mass is 10.1. The van der Waals surface area contributed by atoms with Gasteiger partial charge in [0.25, 0.3) is 0 Å². The molecule has 0 saturated carbocycles. The highest BCUT2D eigenvalue weighted by Gasteiger charge is 2.35. The van der Waals surface area contributed by atoms with Crippen LogP contribution in [-0.2, 0) is 12.6 Å². The summed E-state index contributed by atoms with van der Waals surface area (Å²) < 4.78 is 55.7. The summed E-state index contributed by atoms with van der Waals surface area (Å²) in [6.45, 7) is 8.21. The van der Waals surface area contributed by atoms with E-state index in [9.17, 15) is 17.6 Å². The molecule has 1 aromatic carbocycles. The fraction of sp³-hybridized carbons (Fsp3) is 0.333. The summed E-state index contributed by atoms with van der Waals surface area (Å²) in [5.74, 6) is -0.0484. The number of hydrogen-bond donors (Lipinski definition) is 0. The molecule has 3 heterocycles. The second kappa shape index (κ2) is 7.30. The maximum Gasteiger partial charge on any atom is 0.434 e. The van der Waals surface area contributed by atoms with Crippen LogP contribution in [0.15, 0.2) is 48.9 Å². The summed E-state index contributed by atoms with van der Waals surface area (Å²) in [6.07, 6.45) is -0.128. The van der Waals surface area contributed by atoms with Gasteiger partial charge in [-0.25, -0.2) is 14.1 Å². The van der Waals surface area contributed by atoms with Gasteiger partial charge in [0.2, 0.25) is 0 Å². The maximum atomic E-state index is 13.3. The van der Waals surface area contributed by atoms with Crippen molar-refractivity contribution in [2.24, 2.45) is 0 Å². The average molecular weight is 419 g/mol. The normalized spacial score (nSPS) is 15.2. The van der Waals surface area contributed by atoms with Crippen LogP contribution in [-0.4, -0.2) is 25.9 Å². The highest BCUT2D eigenvalue weighted by molar-refractivity contribution is 5.58. The number of aromatic nitrogens is 4. The summed E-state index contributed by atoms with van der Waals surface area (Å²) in [5, 5.41) is 4.46. The lowest BCUT2D eigenvalue weighted by molar-refractivity contribution is -0.141. The van der Waals surface area contributed by atoms with E-state index < -0.39 is 17.9 Å². The standard InChI is InChI=1S/C21H21F4N5/c1-13(14(2)29-12-20(21(23,24)25)27-15(29)3)28-10-4-5-18-19(28)11-26-30(18)17-8-6-16(22)7-9-17/h6-9,11-12,14H,1,4-5,10H2,2-3H3. The molecule has 0 bridgehead atoms. The van der Waals surface area contributed by atoms with Crippen LogP contribution in [0.25, 0.3) is 5.69 Å². The topological polar surface area (TPSA) is 38.9 Å². The van der Waals surface area contributed by atoms with Crippen molar-refractivity contribution in [2.75, 3.05) is 11.4 Å². The van der Waals surface area contributed by atoms with Gasteiger partial charge in [0.05, 0.1) is 29.3 Å². The van der Waals surface area contributed by atoms with Crippen LogP contribution in [0.1, 0.15) is 36.6 Å². The van der Waals surface area contributed by atoms with Crippen molar-refractivity contribution in [1.82, 2.24) is 19.3 Å². The Balaban J connectivity index is 1.64. The Morgan fingerprint density at radius 3 is 2.53 bits per heavy atom. The number of rotatable bonds is 4.